The Kier molecular flexibility index (Phi) is 4.63. The van der Waals surface area contributed by atoms with E-state index in [2.05, 4.69) is 16.1 Å². The molecule has 1 radical (unpaired) electrons. The van der Waals surface area contributed by atoms with E-state index in [1.165, 1.54) is 38.5 Å². The van der Waals surface area contributed by atoms with Gasteiger partial charge in [0.2, 0.25) is 0 Å². The van der Waals surface area contributed by atoms with Crippen LogP contribution in [0.2, 0.25) is 0 Å². The average molecular weight is 352 g/mol. The SMILES string of the molecule is CN1C(c2nn(CC3CCCCCC3)c3ncccc23)=NC(N)=[C]C1N. The summed E-state index contributed by atoms with van der Waals surface area (Å²) in [4.78, 5) is 10.9. The van der Waals surface area contributed by atoms with Crippen LogP contribution in [-0.2, 0) is 6.54 Å². The molecule has 0 aromatic carbocycles. The molecule has 2 aromatic rings. The summed E-state index contributed by atoms with van der Waals surface area (Å²) < 4.78 is 2.04. The molecule has 26 heavy (non-hydrogen) atoms. The minimum atomic E-state index is -0.429. The molecule has 1 atom stereocenters. The van der Waals surface area contributed by atoms with Crippen LogP contribution < -0.4 is 11.5 Å². The lowest BCUT2D eigenvalue weighted by Gasteiger charge is -2.27. The van der Waals surface area contributed by atoms with Crippen LogP contribution in [0.15, 0.2) is 29.1 Å². The standard InChI is InChI=1S/C19H26N7/c1-25-16(21)11-15(20)23-19(25)17-14-9-6-10-22-18(14)26(24-17)12-13-7-4-2-3-5-8-13/h6,9-10,13,16H,2-5,7-8,12,20-21H2,1H3. The van der Waals surface area contributed by atoms with Gasteiger partial charge in [-0.05, 0) is 30.9 Å². The number of nitrogens with two attached hydrogens (primary N) is 2. The third-order valence-corrected chi connectivity index (χ3v) is 5.40. The predicted octanol–water partition coefficient (Wildman–Crippen LogP) is 1.98. The Morgan fingerprint density at radius 3 is 2.77 bits per heavy atom. The zero-order chi connectivity index (χ0) is 18.1. The van der Waals surface area contributed by atoms with Gasteiger partial charge in [-0.15, -0.1) is 0 Å². The van der Waals surface area contributed by atoms with Crippen LogP contribution in [0.25, 0.3) is 11.0 Å². The van der Waals surface area contributed by atoms with Crippen molar-refractivity contribution in [2.75, 3.05) is 7.05 Å². The largest absolute Gasteiger partial charge is 0.383 e. The van der Waals surface area contributed by atoms with Crippen molar-refractivity contribution >= 4 is 16.9 Å². The van der Waals surface area contributed by atoms with Gasteiger partial charge in [0, 0.05) is 25.9 Å². The zero-order valence-corrected chi connectivity index (χ0v) is 15.2. The summed E-state index contributed by atoms with van der Waals surface area (Å²) >= 11 is 0. The van der Waals surface area contributed by atoms with Crippen molar-refractivity contribution in [2.45, 2.75) is 51.2 Å². The number of fused-ring (bicyclic) bond motifs is 1. The minimum Gasteiger partial charge on any atom is -0.383 e. The van der Waals surface area contributed by atoms with E-state index in [1.807, 2.05) is 35.0 Å². The summed E-state index contributed by atoms with van der Waals surface area (Å²) in [5, 5.41) is 5.87. The van der Waals surface area contributed by atoms with Crippen LogP contribution in [0.5, 0.6) is 0 Å². The smallest absolute Gasteiger partial charge is 0.160 e. The molecule has 0 amide bonds. The van der Waals surface area contributed by atoms with Gasteiger partial charge < -0.3 is 16.4 Å². The second-order valence-electron chi connectivity index (χ2n) is 7.28. The van der Waals surface area contributed by atoms with E-state index in [4.69, 9.17) is 16.6 Å². The molecule has 1 saturated carbocycles. The molecular weight excluding hydrogens is 326 g/mol. The second kappa shape index (κ2) is 7.07. The summed E-state index contributed by atoms with van der Waals surface area (Å²) in [5.74, 6) is 1.63. The molecule has 4 rings (SSSR count). The van der Waals surface area contributed by atoms with Gasteiger partial charge in [0.25, 0.3) is 0 Å². The van der Waals surface area contributed by atoms with Gasteiger partial charge >= 0.3 is 0 Å². The lowest BCUT2D eigenvalue weighted by Crippen LogP contribution is -2.45. The van der Waals surface area contributed by atoms with Crippen molar-refractivity contribution < 1.29 is 0 Å². The highest BCUT2D eigenvalue weighted by Crippen LogP contribution is 2.27. The van der Waals surface area contributed by atoms with E-state index >= 15 is 0 Å². The Bertz CT molecular complexity index is 843. The number of aromatic nitrogens is 3. The Labute approximate surface area is 153 Å². The van der Waals surface area contributed by atoms with Gasteiger partial charge in [0.05, 0.1) is 5.39 Å². The van der Waals surface area contributed by atoms with E-state index < -0.39 is 6.17 Å². The Morgan fingerprint density at radius 2 is 2.00 bits per heavy atom. The quantitative estimate of drug-likeness (QED) is 0.823. The monoisotopic (exact) mass is 352 g/mol. The highest BCUT2D eigenvalue weighted by Gasteiger charge is 2.26. The van der Waals surface area contributed by atoms with Crippen LogP contribution in [0.4, 0.5) is 0 Å². The molecule has 3 heterocycles. The fraction of sp³-hybridized carbons (Fsp3) is 0.526. The number of nitrogens with zero attached hydrogens (tertiary/aromatic N) is 5. The minimum absolute atomic E-state index is 0.306. The van der Waals surface area contributed by atoms with Gasteiger partial charge in [-0.2, -0.15) is 5.10 Å². The molecule has 2 aliphatic rings. The summed E-state index contributed by atoms with van der Waals surface area (Å²) in [6.07, 6.45) is 12.2. The Hall–Kier alpha value is -2.41. The highest BCUT2D eigenvalue weighted by atomic mass is 15.3. The third kappa shape index (κ3) is 3.19. The first-order valence-electron chi connectivity index (χ1n) is 9.41. The number of hydrogen-bond acceptors (Lipinski definition) is 6. The van der Waals surface area contributed by atoms with Crippen molar-refractivity contribution in [1.29, 1.82) is 0 Å². The summed E-state index contributed by atoms with van der Waals surface area (Å²) in [6.45, 7) is 0.897. The van der Waals surface area contributed by atoms with Gasteiger partial charge in [-0.3, -0.25) is 0 Å². The molecule has 7 nitrogen and oxygen atoms in total. The van der Waals surface area contributed by atoms with Crippen LogP contribution in [0.3, 0.4) is 0 Å². The molecule has 7 heteroatoms. The first-order chi connectivity index (χ1) is 12.6. The number of aliphatic imine (C=N–C) groups is 1. The topological polar surface area (TPSA) is 98.3 Å². The number of hydrogen-bond donors (Lipinski definition) is 2. The molecule has 0 bridgehead atoms. The summed E-state index contributed by atoms with van der Waals surface area (Å²) in [6, 6.07) is 3.96. The first kappa shape index (κ1) is 17.0. The van der Waals surface area contributed by atoms with Crippen molar-refractivity contribution in [3.63, 3.8) is 0 Å². The fourth-order valence-electron chi connectivity index (χ4n) is 3.92. The average Bonchev–Trinajstić information content (AvgIpc) is 2.79. The van der Waals surface area contributed by atoms with Crippen molar-refractivity contribution in [3.05, 3.63) is 35.9 Å². The lowest BCUT2D eigenvalue weighted by molar-refractivity contribution is 0.379. The number of rotatable bonds is 3. The molecule has 1 unspecified atom stereocenters. The number of pyridine rings is 1. The number of likely N-dealkylation sites (N-methyl/N-ethyl adjacent to an activating group) is 1. The van der Waals surface area contributed by atoms with E-state index in [0.717, 1.165) is 23.3 Å². The molecule has 2 aromatic heterocycles. The van der Waals surface area contributed by atoms with E-state index in [-0.39, 0.29) is 0 Å². The summed E-state index contributed by atoms with van der Waals surface area (Å²) in [7, 11) is 1.88. The van der Waals surface area contributed by atoms with E-state index in [0.29, 0.717) is 17.6 Å². The third-order valence-electron chi connectivity index (χ3n) is 5.40. The Morgan fingerprint density at radius 1 is 1.23 bits per heavy atom. The molecule has 137 valence electrons. The maximum absolute atomic E-state index is 6.10. The van der Waals surface area contributed by atoms with Crippen molar-refractivity contribution in [3.8, 4) is 0 Å². The van der Waals surface area contributed by atoms with E-state index in [1.54, 1.807) is 0 Å². The van der Waals surface area contributed by atoms with Gasteiger partial charge in [0.15, 0.2) is 11.5 Å². The molecule has 1 fully saturated rings. The zero-order valence-electron chi connectivity index (χ0n) is 15.2. The molecule has 0 spiro atoms. The first-order valence-corrected chi connectivity index (χ1v) is 9.41. The maximum Gasteiger partial charge on any atom is 0.160 e. The van der Waals surface area contributed by atoms with Crippen LogP contribution in [0, 0.1) is 12.0 Å². The maximum atomic E-state index is 6.10. The molecule has 1 aliphatic carbocycles. The summed E-state index contributed by atoms with van der Waals surface area (Å²) in [5.41, 5.74) is 13.7. The van der Waals surface area contributed by atoms with E-state index in [9.17, 15) is 0 Å². The van der Waals surface area contributed by atoms with Crippen LogP contribution in [-0.4, -0.2) is 38.7 Å². The lowest BCUT2D eigenvalue weighted by atomic mass is 10.0. The predicted molar refractivity (Wildman–Crippen MR) is 102 cm³/mol. The van der Waals surface area contributed by atoms with Crippen molar-refractivity contribution in [2.24, 2.45) is 22.4 Å². The molecule has 0 saturated heterocycles. The van der Waals surface area contributed by atoms with Crippen molar-refractivity contribution in [1.82, 2.24) is 19.7 Å². The van der Waals surface area contributed by atoms with Gasteiger partial charge in [-0.25, -0.2) is 14.7 Å². The van der Waals surface area contributed by atoms with Crippen LogP contribution in [0.1, 0.15) is 44.2 Å². The highest BCUT2D eigenvalue weighted by molar-refractivity contribution is 6.07. The number of amidine groups is 1. The normalized spacial score (nSPS) is 22.2. The Balaban J connectivity index is 1.73. The van der Waals surface area contributed by atoms with Gasteiger partial charge in [0.1, 0.15) is 17.7 Å². The molecule has 1 aliphatic heterocycles. The van der Waals surface area contributed by atoms with Gasteiger partial charge in [-0.1, -0.05) is 25.7 Å². The molecule has 4 N–H and O–H groups in total. The fourth-order valence-corrected chi connectivity index (χ4v) is 3.92. The molecular formula is C19H26N7. The van der Waals surface area contributed by atoms with Crippen LogP contribution >= 0.6 is 0 Å². The second-order valence-corrected chi connectivity index (χ2v) is 7.28.